The van der Waals surface area contributed by atoms with E-state index in [1.165, 1.54) is 0 Å². The van der Waals surface area contributed by atoms with Gasteiger partial charge >= 0.3 is 0 Å². The zero-order valence-corrected chi connectivity index (χ0v) is 10.8. The van der Waals surface area contributed by atoms with E-state index in [1.807, 2.05) is 0 Å². The Hall–Kier alpha value is -2.03. The number of phenolic OH excluding ortho intramolecular Hbond substituents is 1. The third kappa shape index (κ3) is 3.50. The lowest BCUT2D eigenvalue weighted by Crippen LogP contribution is -2.23. The maximum Gasteiger partial charge on any atom is 0.270 e. The average Bonchev–Trinajstić information content (AvgIpc) is 2.43. The molecular formula is C12H16N2O6. The summed E-state index contributed by atoms with van der Waals surface area (Å²) in [6.45, 7) is 0.411. The summed E-state index contributed by atoms with van der Waals surface area (Å²) in [7, 11) is 1.66. The summed E-state index contributed by atoms with van der Waals surface area (Å²) < 4.78 is 0. The van der Waals surface area contributed by atoms with Crippen LogP contribution in [0.3, 0.4) is 0 Å². The minimum absolute atomic E-state index is 0.177. The number of nitro groups is 1. The molecule has 0 aromatic heterocycles. The van der Waals surface area contributed by atoms with Crippen LogP contribution in [0.25, 0.3) is 0 Å². The number of phenols is 1. The second kappa shape index (κ2) is 6.94. The Morgan fingerprint density at radius 2 is 2.10 bits per heavy atom. The van der Waals surface area contributed by atoms with Crippen molar-refractivity contribution in [3.63, 3.8) is 0 Å². The molecule has 1 aromatic carbocycles. The molecule has 0 radical (unpaired) electrons. The Morgan fingerprint density at radius 1 is 1.45 bits per heavy atom. The minimum atomic E-state index is -1.53. The molecule has 1 aromatic rings. The lowest BCUT2D eigenvalue weighted by Gasteiger charge is -2.19. The number of non-ortho nitro benzene ring substituents is 1. The molecule has 2 atom stereocenters. The van der Waals surface area contributed by atoms with Gasteiger partial charge in [-0.05, 0) is 20.0 Å². The van der Waals surface area contributed by atoms with Crippen molar-refractivity contribution in [2.24, 2.45) is 0 Å². The van der Waals surface area contributed by atoms with Crippen LogP contribution in [0.15, 0.2) is 12.1 Å². The predicted molar refractivity (Wildman–Crippen MR) is 69.7 cm³/mol. The lowest BCUT2D eigenvalue weighted by molar-refractivity contribution is -0.385. The molecule has 8 nitrogen and oxygen atoms in total. The highest BCUT2D eigenvalue weighted by Gasteiger charge is 2.25. The SMILES string of the molecule is CNCCC(O)C(O)c1cc([N+](=O)[O-])cc(C=O)c1O. The highest BCUT2D eigenvalue weighted by Crippen LogP contribution is 2.33. The number of benzene rings is 1. The van der Waals surface area contributed by atoms with Crippen LogP contribution < -0.4 is 5.32 Å². The van der Waals surface area contributed by atoms with Gasteiger partial charge in [-0.25, -0.2) is 0 Å². The standard InChI is InChI=1S/C12H16N2O6/c1-13-3-2-10(16)12(18)9-5-8(14(19)20)4-7(6-15)11(9)17/h4-6,10,12-13,16-18H,2-3H2,1H3. The Morgan fingerprint density at radius 3 is 2.60 bits per heavy atom. The van der Waals surface area contributed by atoms with Crippen LogP contribution in [-0.2, 0) is 0 Å². The number of nitrogens with zero attached hydrogens (tertiary/aromatic N) is 1. The number of rotatable bonds is 7. The van der Waals surface area contributed by atoms with Crippen LogP contribution in [0.1, 0.15) is 28.4 Å². The van der Waals surface area contributed by atoms with Crippen LogP contribution >= 0.6 is 0 Å². The molecule has 0 aliphatic carbocycles. The number of hydrogen-bond donors (Lipinski definition) is 4. The van der Waals surface area contributed by atoms with E-state index in [0.29, 0.717) is 6.54 Å². The first-order valence-corrected chi connectivity index (χ1v) is 5.89. The Kier molecular flexibility index (Phi) is 5.56. The second-order valence-electron chi connectivity index (χ2n) is 4.25. The lowest BCUT2D eigenvalue weighted by atomic mass is 9.98. The Labute approximate surface area is 114 Å². The highest BCUT2D eigenvalue weighted by molar-refractivity contribution is 5.81. The van der Waals surface area contributed by atoms with Crippen LogP contribution in [0, 0.1) is 10.1 Å². The zero-order chi connectivity index (χ0) is 15.3. The number of aliphatic hydroxyl groups excluding tert-OH is 2. The molecule has 0 fully saturated rings. The molecule has 0 bridgehead atoms. The molecule has 20 heavy (non-hydrogen) atoms. The van der Waals surface area contributed by atoms with E-state index in [1.54, 1.807) is 7.05 Å². The molecule has 0 amide bonds. The number of aliphatic hydroxyl groups is 2. The van der Waals surface area contributed by atoms with Gasteiger partial charge in [0.2, 0.25) is 0 Å². The molecule has 2 unspecified atom stereocenters. The third-order valence-corrected chi connectivity index (χ3v) is 2.86. The number of aromatic hydroxyl groups is 1. The fraction of sp³-hybridized carbons (Fsp3) is 0.417. The smallest absolute Gasteiger partial charge is 0.270 e. The molecule has 0 heterocycles. The maximum absolute atomic E-state index is 10.8. The maximum atomic E-state index is 10.8. The third-order valence-electron chi connectivity index (χ3n) is 2.86. The van der Waals surface area contributed by atoms with Gasteiger partial charge in [0.15, 0.2) is 6.29 Å². The molecule has 1 rings (SSSR count). The molecule has 0 aliphatic heterocycles. The summed E-state index contributed by atoms with van der Waals surface area (Å²) in [6, 6.07) is 1.84. The van der Waals surface area contributed by atoms with E-state index in [2.05, 4.69) is 5.32 Å². The van der Waals surface area contributed by atoms with E-state index in [9.17, 15) is 30.2 Å². The fourth-order valence-electron chi connectivity index (χ4n) is 1.74. The number of nitro benzene ring substituents is 1. The second-order valence-corrected chi connectivity index (χ2v) is 4.25. The Bertz CT molecular complexity index is 505. The summed E-state index contributed by atoms with van der Waals surface area (Å²) in [5.41, 5.74) is -1.00. The molecule has 0 spiro atoms. The van der Waals surface area contributed by atoms with Crippen molar-refractivity contribution in [1.82, 2.24) is 5.32 Å². The summed E-state index contributed by atoms with van der Waals surface area (Å²) >= 11 is 0. The first-order valence-electron chi connectivity index (χ1n) is 5.89. The van der Waals surface area contributed by atoms with Crippen molar-refractivity contribution in [1.29, 1.82) is 0 Å². The number of aldehydes is 1. The van der Waals surface area contributed by atoms with Crippen molar-refractivity contribution in [3.8, 4) is 5.75 Å². The average molecular weight is 284 g/mol. The van der Waals surface area contributed by atoms with Gasteiger partial charge in [0.25, 0.3) is 5.69 Å². The van der Waals surface area contributed by atoms with Gasteiger partial charge in [-0.1, -0.05) is 0 Å². The van der Waals surface area contributed by atoms with Crippen molar-refractivity contribution < 1.29 is 25.0 Å². The van der Waals surface area contributed by atoms with Gasteiger partial charge in [0, 0.05) is 17.7 Å². The largest absolute Gasteiger partial charge is 0.507 e. The molecule has 0 saturated carbocycles. The first kappa shape index (κ1) is 16.0. The number of hydrogen-bond acceptors (Lipinski definition) is 7. The van der Waals surface area contributed by atoms with Gasteiger partial charge in [-0.3, -0.25) is 14.9 Å². The zero-order valence-electron chi connectivity index (χ0n) is 10.8. The molecule has 0 saturated heterocycles. The van der Waals surface area contributed by atoms with Crippen LogP contribution in [0.5, 0.6) is 5.75 Å². The molecule has 8 heteroatoms. The highest BCUT2D eigenvalue weighted by atomic mass is 16.6. The monoisotopic (exact) mass is 284 g/mol. The fourth-order valence-corrected chi connectivity index (χ4v) is 1.74. The van der Waals surface area contributed by atoms with E-state index < -0.39 is 28.6 Å². The van der Waals surface area contributed by atoms with Gasteiger partial charge in [-0.2, -0.15) is 0 Å². The number of nitrogens with one attached hydrogen (secondary N) is 1. The summed E-state index contributed by atoms with van der Waals surface area (Å²) in [4.78, 5) is 20.8. The molecule has 0 aliphatic rings. The number of carbonyl (C=O) groups excluding carboxylic acids is 1. The molecule has 110 valence electrons. The van der Waals surface area contributed by atoms with Crippen LogP contribution in [-0.4, -0.2) is 46.2 Å². The van der Waals surface area contributed by atoms with Gasteiger partial charge in [0.05, 0.1) is 16.6 Å². The van der Waals surface area contributed by atoms with E-state index in [-0.39, 0.29) is 23.8 Å². The minimum Gasteiger partial charge on any atom is -0.507 e. The topological polar surface area (TPSA) is 133 Å². The normalized spacial score (nSPS) is 13.8. The van der Waals surface area contributed by atoms with Gasteiger partial charge in [-0.15, -0.1) is 0 Å². The van der Waals surface area contributed by atoms with Gasteiger partial charge in [0.1, 0.15) is 11.9 Å². The molecular weight excluding hydrogens is 268 g/mol. The van der Waals surface area contributed by atoms with Crippen molar-refractivity contribution in [2.45, 2.75) is 18.6 Å². The van der Waals surface area contributed by atoms with E-state index >= 15 is 0 Å². The van der Waals surface area contributed by atoms with E-state index in [4.69, 9.17) is 0 Å². The molecule has 4 N–H and O–H groups in total. The predicted octanol–water partition coefficient (Wildman–Crippen LogP) is 0.117. The summed E-state index contributed by atoms with van der Waals surface area (Å²) in [5, 5.41) is 43.0. The van der Waals surface area contributed by atoms with Crippen molar-refractivity contribution in [3.05, 3.63) is 33.4 Å². The van der Waals surface area contributed by atoms with Crippen molar-refractivity contribution in [2.75, 3.05) is 13.6 Å². The summed E-state index contributed by atoms with van der Waals surface area (Å²) in [6.07, 6.45) is -2.33. The van der Waals surface area contributed by atoms with Gasteiger partial charge < -0.3 is 20.6 Å². The van der Waals surface area contributed by atoms with Crippen molar-refractivity contribution >= 4 is 12.0 Å². The quantitative estimate of drug-likeness (QED) is 0.317. The van der Waals surface area contributed by atoms with Crippen LogP contribution in [0.4, 0.5) is 5.69 Å². The first-order chi connectivity index (χ1) is 9.42. The Balaban J connectivity index is 3.18. The van der Waals surface area contributed by atoms with E-state index in [0.717, 1.165) is 12.1 Å². The number of carbonyl (C=O) groups is 1. The summed E-state index contributed by atoms with van der Waals surface area (Å²) in [5.74, 6) is -0.568. The van der Waals surface area contributed by atoms with Crippen LogP contribution in [0.2, 0.25) is 0 Å².